The molecule has 0 saturated carbocycles. The normalized spacial score (nSPS) is 14.8. The Hall–Kier alpha value is -3.47. The van der Waals surface area contributed by atoms with Crippen LogP contribution in [0.2, 0.25) is 0 Å². The average Bonchev–Trinajstić information content (AvgIpc) is 3.44. The number of piperidine rings is 1. The van der Waals surface area contributed by atoms with Crippen LogP contribution in [0.1, 0.15) is 12.8 Å². The van der Waals surface area contributed by atoms with Crippen molar-refractivity contribution in [1.82, 2.24) is 24.8 Å². The lowest BCUT2D eigenvalue weighted by Crippen LogP contribution is -2.38. The van der Waals surface area contributed by atoms with E-state index in [-0.39, 0.29) is 17.4 Å². The first-order valence-corrected chi connectivity index (χ1v) is 10.6. The number of benzene rings is 1. The van der Waals surface area contributed by atoms with Crippen molar-refractivity contribution in [2.75, 3.05) is 23.3 Å². The van der Waals surface area contributed by atoms with Gasteiger partial charge in [-0.05, 0) is 43.2 Å². The van der Waals surface area contributed by atoms with Crippen molar-refractivity contribution in [2.45, 2.75) is 12.8 Å². The zero-order valence-corrected chi connectivity index (χ0v) is 17.0. The van der Waals surface area contributed by atoms with E-state index in [9.17, 15) is 13.6 Å². The molecule has 1 aromatic carbocycles. The number of anilines is 2. The molecule has 1 amide bonds. The lowest BCUT2D eigenvalue weighted by Gasteiger charge is -2.31. The van der Waals surface area contributed by atoms with Crippen molar-refractivity contribution in [2.24, 2.45) is 5.92 Å². The lowest BCUT2D eigenvalue weighted by atomic mass is 9.96. The first-order chi connectivity index (χ1) is 15.1. The fourth-order valence-corrected chi connectivity index (χ4v) is 4.33. The number of hydrogen-bond donors (Lipinski definition) is 1. The number of rotatable bonds is 4. The summed E-state index contributed by atoms with van der Waals surface area (Å²) in [6.45, 7) is 1.38. The molecule has 0 unspecified atom stereocenters. The van der Waals surface area contributed by atoms with Crippen LogP contribution in [0.15, 0.2) is 42.0 Å². The Labute approximate surface area is 179 Å². The predicted molar refractivity (Wildman–Crippen MR) is 112 cm³/mol. The molecule has 0 bridgehead atoms. The Morgan fingerprint density at radius 1 is 1.16 bits per heavy atom. The van der Waals surface area contributed by atoms with Gasteiger partial charge < -0.3 is 10.2 Å². The van der Waals surface area contributed by atoms with Crippen molar-refractivity contribution in [1.29, 1.82) is 0 Å². The van der Waals surface area contributed by atoms with Gasteiger partial charge in [-0.3, -0.25) is 4.79 Å². The second-order valence-electron chi connectivity index (χ2n) is 7.24. The zero-order chi connectivity index (χ0) is 21.4. The summed E-state index contributed by atoms with van der Waals surface area (Å²) in [6, 6.07) is 6.96. The number of halogens is 2. The zero-order valence-electron chi connectivity index (χ0n) is 16.2. The highest BCUT2D eigenvalue weighted by Crippen LogP contribution is 2.29. The summed E-state index contributed by atoms with van der Waals surface area (Å²) in [4.78, 5) is 19.1. The van der Waals surface area contributed by atoms with E-state index in [4.69, 9.17) is 0 Å². The summed E-state index contributed by atoms with van der Waals surface area (Å²) >= 11 is 1.18. The fourth-order valence-electron chi connectivity index (χ4n) is 3.61. The predicted octanol–water partition coefficient (Wildman–Crippen LogP) is 3.38. The number of aromatic nitrogens is 5. The summed E-state index contributed by atoms with van der Waals surface area (Å²) in [7, 11) is 0. The maximum atomic E-state index is 14.0. The van der Waals surface area contributed by atoms with Gasteiger partial charge in [0.15, 0.2) is 10.8 Å². The molecule has 1 saturated heterocycles. The van der Waals surface area contributed by atoms with Crippen molar-refractivity contribution in [3.63, 3.8) is 0 Å². The highest BCUT2D eigenvalue weighted by Gasteiger charge is 2.26. The van der Waals surface area contributed by atoms with Gasteiger partial charge in [0.05, 0.1) is 5.69 Å². The maximum Gasteiger partial charge on any atom is 0.229 e. The molecule has 3 aromatic heterocycles. The van der Waals surface area contributed by atoms with Crippen molar-refractivity contribution in [3.05, 3.63) is 53.7 Å². The standard InChI is InChI=1S/C20H17F2N7OS/c21-13-1-2-15(22)14(9-13)16-10-31-20(24-16)25-19(30)12-5-7-28(8-6-12)18-4-3-17-26-23-11-29(17)27-18/h1-4,9-12H,5-8H2,(H,24,25,30). The van der Waals surface area contributed by atoms with Gasteiger partial charge in [-0.25, -0.2) is 13.8 Å². The van der Waals surface area contributed by atoms with Gasteiger partial charge in [0.2, 0.25) is 5.91 Å². The van der Waals surface area contributed by atoms with Crippen LogP contribution in [0.3, 0.4) is 0 Å². The van der Waals surface area contributed by atoms with E-state index in [0.717, 1.165) is 24.0 Å². The van der Waals surface area contributed by atoms with Crippen LogP contribution >= 0.6 is 11.3 Å². The highest BCUT2D eigenvalue weighted by molar-refractivity contribution is 7.14. The van der Waals surface area contributed by atoms with E-state index in [0.29, 0.717) is 42.4 Å². The third-order valence-electron chi connectivity index (χ3n) is 5.28. The molecular formula is C20H17F2N7OS. The van der Waals surface area contributed by atoms with E-state index in [1.54, 1.807) is 16.2 Å². The Morgan fingerprint density at radius 2 is 2.00 bits per heavy atom. The molecule has 4 heterocycles. The second kappa shape index (κ2) is 7.99. The van der Waals surface area contributed by atoms with Crippen molar-refractivity contribution < 1.29 is 13.6 Å². The van der Waals surface area contributed by atoms with Gasteiger partial charge in [0.1, 0.15) is 23.8 Å². The number of amides is 1. The number of hydrogen-bond acceptors (Lipinski definition) is 7. The number of thiazole rings is 1. The summed E-state index contributed by atoms with van der Waals surface area (Å²) in [5.41, 5.74) is 1.05. The molecule has 0 spiro atoms. The minimum Gasteiger partial charge on any atom is -0.355 e. The van der Waals surface area contributed by atoms with E-state index < -0.39 is 11.6 Å². The van der Waals surface area contributed by atoms with Crippen LogP contribution in [-0.2, 0) is 4.79 Å². The number of carbonyl (C=O) groups excluding carboxylic acids is 1. The third-order valence-corrected chi connectivity index (χ3v) is 6.03. The van der Waals surface area contributed by atoms with E-state index >= 15 is 0 Å². The third kappa shape index (κ3) is 3.96. The summed E-state index contributed by atoms with van der Waals surface area (Å²) < 4.78 is 29.0. The maximum absolute atomic E-state index is 14.0. The van der Waals surface area contributed by atoms with Gasteiger partial charge in [-0.15, -0.1) is 26.6 Å². The molecule has 0 atom stereocenters. The van der Waals surface area contributed by atoms with Crippen molar-refractivity contribution >= 4 is 33.8 Å². The quantitative estimate of drug-likeness (QED) is 0.522. The van der Waals surface area contributed by atoms with Crippen LogP contribution in [-0.4, -0.2) is 43.8 Å². The molecule has 158 valence electrons. The van der Waals surface area contributed by atoms with Gasteiger partial charge in [-0.2, -0.15) is 4.52 Å². The first kappa shape index (κ1) is 19.5. The summed E-state index contributed by atoms with van der Waals surface area (Å²) in [5, 5.41) is 17.0. The fraction of sp³-hybridized carbons (Fsp3) is 0.250. The van der Waals surface area contributed by atoms with Crippen LogP contribution in [0.4, 0.5) is 19.7 Å². The van der Waals surface area contributed by atoms with Gasteiger partial charge in [-0.1, -0.05) is 0 Å². The molecule has 5 rings (SSSR count). The average molecular weight is 441 g/mol. The van der Waals surface area contributed by atoms with Crippen LogP contribution < -0.4 is 10.2 Å². The topological polar surface area (TPSA) is 88.3 Å². The first-order valence-electron chi connectivity index (χ1n) is 9.70. The molecule has 0 aliphatic carbocycles. The lowest BCUT2D eigenvalue weighted by molar-refractivity contribution is -0.120. The van der Waals surface area contributed by atoms with E-state index in [1.165, 1.54) is 11.3 Å². The molecule has 1 aliphatic rings. The number of fused-ring (bicyclic) bond motifs is 1. The number of nitrogens with one attached hydrogen (secondary N) is 1. The minimum absolute atomic E-state index is 0.0719. The van der Waals surface area contributed by atoms with Gasteiger partial charge >= 0.3 is 0 Å². The van der Waals surface area contributed by atoms with Gasteiger partial charge in [0, 0.05) is 30.0 Å². The van der Waals surface area contributed by atoms with E-state index in [1.807, 2.05) is 12.1 Å². The smallest absolute Gasteiger partial charge is 0.229 e. The Bertz CT molecular complexity index is 1250. The van der Waals surface area contributed by atoms with Crippen molar-refractivity contribution in [3.8, 4) is 11.3 Å². The SMILES string of the molecule is O=C(Nc1nc(-c2cc(F)ccc2F)cs1)C1CCN(c2ccc3nncn3n2)CC1. The monoisotopic (exact) mass is 441 g/mol. The molecule has 1 aliphatic heterocycles. The molecule has 8 nitrogen and oxygen atoms in total. The van der Waals surface area contributed by atoms with E-state index in [2.05, 4.69) is 30.5 Å². The summed E-state index contributed by atoms with van der Waals surface area (Å²) in [5.74, 6) is -0.571. The molecule has 0 radical (unpaired) electrons. The molecular weight excluding hydrogens is 424 g/mol. The summed E-state index contributed by atoms with van der Waals surface area (Å²) in [6.07, 6.45) is 2.89. The van der Waals surface area contributed by atoms with Gasteiger partial charge in [0.25, 0.3) is 0 Å². The van der Waals surface area contributed by atoms with Crippen LogP contribution in [0.25, 0.3) is 16.9 Å². The largest absolute Gasteiger partial charge is 0.355 e. The molecule has 4 aromatic rings. The Morgan fingerprint density at radius 3 is 2.84 bits per heavy atom. The van der Waals surface area contributed by atoms with Crippen LogP contribution in [0.5, 0.6) is 0 Å². The molecule has 1 N–H and O–H groups in total. The minimum atomic E-state index is -0.560. The Balaban J connectivity index is 1.21. The number of carbonyl (C=O) groups is 1. The Kier molecular flexibility index (Phi) is 5.02. The molecule has 31 heavy (non-hydrogen) atoms. The molecule has 11 heteroatoms. The highest BCUT2D eigenvalue weighted by atomic mass is 32.1. The molecule has 1 fully saturated rings. The second-order valence-corrected chi connectivity index (χ2v) is 8.10. The number of nitrogens with zero attached hydrogens (tertiary/aromatic N) is 6. The van der Waals surface area contributed by atoms with Crippen LogP contribution in [0, 0.1) is 17.6 Å².